The summed E-state index contributed by atoms with van der Waals surface area (Å²) in [5.74, 6) is -0.232. The molecule has 1 atom stereocenters. The van der Waals surface area contributed by atoms with E-state index in [0.717, 1.165) is 6.07 Å². The van der Waals surface area contributed by atoms with Crippen molar-refractivity contribution in [3.63, 3.8) is 0 Å². The Morgan fingerprint density at radius 2 is 1.94 bits per heavy atom. The van der Waals surface area contributed by atoms with E-state index in [1.165, 1.54) is 6.07 Å². The quantitative estimate of drug-likeness (QED) is 0.676. The Labute approximate surface area is 186 Å². The number of pyridine rings is 1. The van der Waals surface area contributed by atoms with E-state index >= 15 is 0 Å². The third-order valence-corrected chi connectivity index (χ3v) is 4.64. The highest BCUT2D eigenvalue weighted by molar-refractivity contribution is 6.07. The summed E-state index contributed by atoms with van der Waals surface area (Å²) < 4.78 is 19.2. The number of likely N-dealkylation sites (tertiary alicyclic amines) is 1. The van der Waals surface area contributed by atoms with Gasteiger partial charge in [0.25, 0.3) is 5.91 Å². The SMILES string of the molecule is CN(C)c1ccc(NC(=O)c2ccc(F)nc2NC2CCN(C(=O)OC(C)(C)C)C2)nn1. The minimum atomic E-state index is -0.721. The minimum Gasteiger partial charge on any atom is -0.444 e. The summed E-state index contributed by atoms with van der Waals surface area (Å²) in [4.78, 5) is 32.3. The molecule has 0 aliphatic carbocycles. The predicted molar refractivity (Wildman–Crippen MR) is 118 cm³/mol. The van der Waals surface area contributed by atoms with Gasteiger partial charge in [0.2, 0.25) is 5.95 Å². The van der Waals surface area contributed by atoms with Crippen molar-refractivity contribution in [2.24, 2.45) is 0 Å². The highest BCUT2D eigenvalue weighted by Gasteiger charge is 2.30. The van der Waals surface area contributed by atoms with Gasteiger partial charge in [-0.15, -0.1) is 10.2 Å². The van der Waals surface area contributed by atoms with Crippen LogP contribution in [0.15, 0.2) is 24.3 Å². The van der Waals surface area contributed by atoms with Crippen LogP contribution in [0.2, 0.25) is 0 Å². The summed E-state index contributed by atoms with van der Waals surface area (Å²) in [5.41, 5.74) is -0.438. The van der Waals surface area contributed by atoms with Gasteiger partial charge in [-0.3, -0.25) is 4.79 Å². The number of aromatic nitrogens is 3. The van der Waals surface area contributed by atoms with E-state index in [1.807, 2.05) is 14.1 Å². The molecule has 3 rings (SSSR count). The van der Waals surface area contributed by atoms with Crippen molar-refractivity contribution in [1.29, 1.82) is 0 Å². The van der Waals surface area contributed by atoms with E-state index in [2.05, 4.69) is 25.8 Å². The highest BCUT2D eigenvalue weighted by Crippen LogP contribution is 2.21. The van der Waals surface area contributed by atoms with Crippen LogP contribution in [0.4, 0.5) is 26.6 Å². The summed E-state index contributed by atoms with van der Waals surface area (Å²) in [7, 11) is 3.66. The van der Waals surface area contributed by atoms with Gasteiger partial charge in [0.1, 0.15) is 11.4 Å². The topological polar surface area (TPSA) is 113 Å². The van der Waals surface area contributed by atoms with Gasteiger partial charge in [-0.25, -0.2) is 9.78 Å². The Kier molecular flexibility index (Phi) is 6.75. The standard InChI is InChI=1S/C21H28FN7O3/c1-21(2,3)32-20(31)29-11-10-13(12-29)23-18-14(6-7-15(22)24-18)19(30)25-16-8-9-17(27-26-16)28(4)5/h6-9,13H,10-12H2,1-5H3,(H,23,24)(H,25,26,30). The van der Waals surface area contributed by atoms with Crippen molar-refractivity contribution in [2.45, 2.75) is 38.8 Å². The first-order valence-electron chi connectivity index (χ1n) is 10.3. The molecular weight excluding hydrogens is 417 g/mol. The van der Waals surface area contributed by atoms with Crippen LogP contribution in [0.3, 0.4) is 0 Å². The lowest BCUT2D eigenvalue weighted by molar-refractivity contribution is 0.0293. The maximum Gasteiger partial charge on any atom is 0.410 e. The number of ether oxygens (including phenoxy) is 1. The summed E-state index contributed by atoms with van der Waals surface area (Å²) in [6, 6.07) is 5.60. The fraction of sp³-hybridized carbons (Fsp3) is 0.476. The number of nitrogens with zero attached hydrogens (tertiary/aromatic N) is 5. The van der Waals surface area contributed by atoms with E-state index in [1.54, 1.807) is 42.7 Å². The molecule has 0 spiro atoms. The lowest BCUT2D eigenvalue weighted by atomic mass is 10.2. The molecule has 2 aromatic heterocycles. The number of amides is 2. The zero-order valence-electron chi connectivity index (χ0n) is 18.8. The van der Waals surface area contributed by atoms with Crippen molar-refractivity contribution in [3.05, 3.63) is 35.8 Å². The number of carbonyl (C=O) groups excluding carboxylic acids is 2. The van der Waals surface area contributed by atoms with Crippen molar-refractivity contribution < 1.29 is 18.7 Å². The summed E-state index contributed by atoms with van der Waals surface area (Å²) in [5, 5.41) is 13.7. The molecule has 172 valence electrons. The molecule has 1 unspecified atom stereocenters. The summed E-state index contributed by atoms with van der Waals surface area (Å²) in [6.07, 6.45) is 0.197. The molecule has 32 heavy (non-hydrogen) atoms. The third-order valence-electron chi connectivity index (χ3n) is 4.64. The Morgan fingerprint density at radius 3 is 2.56 bits per heavy atom. The monoisotopic (exact) mass is 445 g/mol. The molecule has 3 heterocycles. The lowest BCUT2D eigenvalue weighted by Gasteiger charge is -2.24. The van der Waals surface area contributed by atoms with Crippen LogP contribution in [-0.4, -0.2) is 70.9 Å². The average Bonchev–Trinajstić information content (AvgIpc) is 3.16. The Hall–Kier alpha value is -3.50. The van der Waals surface area contributed by atoms with Gasteiger partial charge in [-0.2, -0.15) is 4.39 Å². The molecule has 0 saturated carbocycles. The van der Waals surface area contributed by atoms with Gasteiger partial charge in [0.05, 0.1) is 5.56 Å². The first-order valence-corrected chi connectivity index (χ1v) is 10.3. The number of rotatable bonds is 5. The molecule has 0 bridgehead atoms. The first-order chi connectivity index (χ1) is 15.0. The van der Waals surface area contributed by atoms with Gasteiger partial charge >= 0.3 is 6.09 Å². The van der Waals surface area contributed by atoms with E-state index < -0.39 is 23.5 Å². The largest absolute Gasteiger partial charge is 0.444 e. The number of hydrogen-bond donors (Lipinski definition) is 2. The van der Waals surface area contributed by atoms with Crippen LogP contribution < -0.4 is 15.5 Å². The molecule has 1 fully saturated rings. The van der Waals surface area contributed by atoms with Crippen molar-refractivity contribution in [3.8, 4) is 0 Å². The van der Waals surface area contributed by atoms with Crippen molar-refractivity contribution >= 4 is 29.5 Å². The lowest BCUT2D eigenvalue weighted by Crippen LogP contribution is -2.36. The van der Waals surface area contributed by atoms with Crippen LogP contribution in [0.5, 0.6) is 0 Å². The van der Waals surface area contributed by atoms with Crippen LogP contribution >= 0.6 is 0 Å². The first kappa shape index (κ1) is 23.2. The minimum absolute atomic E-state index is 0.0939. The third kappa shape index (κ3) is 6.02. The van der Waals surface area contributed by atoms with Crippen LogP contribution in [0, 0.1) is 5.95 Å². The maximum absolute atomic E-state index is 13.8. The molecule has 2 amide bonds. The molecule has 0 aromatic carbocycles. The molecular formula is C21H28FN7O3. The van der Waals surface area contributed by atoms with Crippen molar-refractivity contribution in [2.75, 3.05) is 42.7 Å². The van der Waals surface area contributed by atoms with Gasteiger partial charge in [0.15, 0.2) is 11.6 Å². The Balaban J connectivity index is 1.68. The predicted octanol–water partition coefficient (Wildman–Crippen LogP) is 2.75. The highest BCUT2D eigenvalue weighted by atomic mass is 19.1. The van der Waals surface area contributed by atoms with E-state index in [0.29, 0.717) is 25.3 Å². The van der Waals surface area contributed by atoms with Crippen molar-refractivity contribution in [1.82, 2.24) is 20.1 Å². The molecule has 2 N–H and O–H groups in total. The fourth-order valence-corrected chi connectivity index (χ4v) is 3.11. The van der Waals surface area contributed by atoms with Gasteiger partial charge in [-0.05, 0) is 51.5 Å². The second-order valence-electron chi connectivity index (χ2n) is 8.71. The Morgan fingerprint density at radius 1 is 1.19 bits per heavy atom. The maximum atomic E-state index is 13.8. The molecule has 0 radical (unpaired) electrons. The number of halogens is 1. The molecule has 1 saturated heterocycles. The summed E-state index contributed by atoms with van der Waals surface area (Å²) in [6.45, 7) is 6.24. The second-order valence-corrected chi connectivity index (χ2v) is 8.71. The number of carbonyl (C=O) groups is 2. The normalized spacial score (nSPS) is 15.9. The summed E-state index contributed by atoms with van der Waals surface area (Å²) >= 11 is 0. The Bertz CT molecular complexity index is 976. The molecule has 1 aliphatic rings. The smallest absolute Gasteiger partial charge is 0.410 e. The van der Waals surface area contributed by atoms with Crippen LogP contribution in [0.25, 0.3) is 0 Å². The van der Waals surface area contributed by atoms with Gasteiger partial charge in [-0.1, -0.05) is 0 Å². The van der Waals surface area contributed by atoms with Crippen LogP contribution in [-0.2, 0) is 4.74 Å². The zero-order chi connectivity index (χ0) is 23.5. The number of hydrogen-bond acceptors (Lipinski definition) is 8. The zero-order valence-corrected chi connectivity index (χ0v) is 18.8. The van der Waals surface area contributed by atoms with Gasteiger partial charge < -0.3 is 25.2 Å². The average molecular weight is 445 g/mol. The molecule has 1 aliphatic heterocycles. The van der Waals surface area contributed by atoms with Crippen LogP contribution in [0.1, 0.15) is 37.6 Å². The van der Waals surface area contributed by atoms with Gasteiger partial charge in [0, 0.05) is 33.2 Å². The second kappa shape index (κ2) is 9.33. The molecule has 2 aromatic rings. The molecule has 10 nitrogen and oxygen atoms in total. The molecule has 11 heteroatoms. The number of anilines is 3. The fourth-order valence-electron chi connectivity index (χ4n) is 3.11. The van der Waals surface area contributed by atoms with E-state index in [-0.39, 0.29) is 23.2 Å². The van der Waals surface area contributed by atoms with E-state index in [4.69, 9.17) is 4.74 Å². The van der Waals surface area contributed by atoms with E-state index in [9.17, 15) is 14.0 Å². The number of nitrogens with one attached hydrogen (secondary N) is 2.